The number of hydrogen-bond donors (Lipinski definition) is 5. The maximum atomic E-state index is 9.97. The summed E-state index contributed by atoms with van der Waals surface area (Å²) in [6, 6.07) is 19.6. The first-order chi connectivity index (χ1) is 19.5. The van der Waals surface area contributed by atoms with Crippen LogP contribution in [0.5, 0.6) is 0 Å². The van der Waals surface area contributed by atoms with E-state index in [0.29, 0.717) is 33.6 Å². The van der Waals surface area contributed by atoms with E-state index in [1.54, 1.807) is 6.20 Å². The second-order valence-corrected chi connectivity index (χ2v) is 10.2. The second-order valence-electron chi connectivity index (χ2n) is 9.82. The molecule has 1 aliphatic heterocycles. The molecule has 9 nitrogen and oxygen atoms in total. The number of nitrogens with zero attached hydrogens (tertiary/aromatic N) is 4. The molecule has 5 N–H and O–H groups in total. The zero-order valence-corrected chi connectivity index (χ0v) is 23.0. The quantitative estimate of drug-likeness (QED) is 0.175. The van der Waals surface area contributed by atoms with Crippen molar-refractivity contribution in [2.45, 2.75) is 38.4 Å². The van der Waals surface area contributed by atoms with Crippen LogP contribution in [0.25, 0.3) is 10.9 Å². The Bertz CT molecular complexity index is 1540. The van der Waals surface area contributed by atoms with Gasteiger partial charge in [0.2, 0.25) is 0 Å². The summed E-state index contributed by atoms with van der Waals surface area (Å²) in [5.41, 5.74) is 11.7. The van der Waals surface area contributed by atoms with Crippen LogP contribution in [0.1, 0.15) is 49.0 Å². The number of halogens is 1. The van der Waals surface area contributed by atoms with Crippen molar-refractivity contribution in [1.82, 2.24) is 25.9 Å². The highest BCUT2D eigenvalue weighted by Gasteiger charge is 2.25. The number of pyridine rings is 2. The van der Waals surface area contributed by atoms with Gasteiger partial charge in [-0.25, -0.2) is 0 Å². The maximum absolute atomic E-state index is 9.97. The van der Waals surface area contributed by atoms with Crippen LogP contribution < -0.4 is 21.6 Å². The smallest absolute Gasteiger partial charge is 0.103 e. The lowest BCUT2D eigenvalue weighted by Crippen LogP contribution is -2.41. The fourth-order valence-corrected chi connectivity index (χ4v) is 4.98. The van der Waals surface area contributed by atoms with Gasteiger partial charge in [0.15, 0.2) is 0 Å². The Labute approximate surface area is 238 Å². The van der Waals surface area contributed by atoms with Gasteiger partial charge >= 0.3 is 0 Å². The van der Waals surface area contributed by atoms with Gasteiger partial charge in [-0.3, -0.25) is 15.0 Å². The zero-order valence-electron chi connectivity index (χ0n) is 22.3. The van der Waals surface area contributed by atoms with E-state index in [-0.39, 0.29) is 24.7 Å². The minimum absolute atomic E-state index is 0.0125. The van der Waals surface area contributed by atoms with Gasteiger partial charge in [0, 0.05) is 48.5 Å². The van der Waals surface area contributed by atoms with Crippen molar-refractivity contribution in [3.05, 3.63) is 107 Å². The van der Waals surface area contributed by atoms with Crippen molar-refractivity contribution in [3.8, 4) is 6.07 Å². The summed E-state index contributed by atoms with van der Waals surface area (Å²) in [4.78, 5) is 8.83. The van der Waals surface area contributed by atoms with Gasteiger partial charge in [0.05, 0.1) is 39.6 Å². The number of aromatic nitrogens is 2. The SMILES string of the molecule is CC(C)N1C=C([C@@H](Nc2cc(Cl)c3ncc(C#N)c(N[C@H](CCO)c4ccccc4)c3c2)c2cccnc2)NN1. The van der Waals surface area contributed by atoms with Crippen molar-refractivity contribution in [3.63, 3.8) is 0 Å². The van der Waals surface area contributed by atoms with Gasteiger partial charge in [-0.05, 0) is 49.6 Å². The fourth-order valence-electron chi connectivity index (χ4n) is 4.72. The fraction of sp³-hybridized carbons (Fsp3) is 0.233. The molecule has 3 heterocycles. The van der Waals surface area contributed by atoms with Gasteiger partial charge in [-0.1, -0.05) is 48.0 Å². The van der Waals surface area contributed by atoms with Gasteiger partial charge in [0.1, 0.15) is 6.07 Å². The largest absolute Gasteiger partial charge is 0.396 e. The van der Waals surface area contributed by atoms with Crippen molar-refractivity contribution in [2.75, 3.05) is 17.2 Å². The molecule has 0 amide bonds. The molecule has 0 unspecified atom stereocenters. The molecule has 4 aromatic rings. The van der Waals surface area contributed by atoms with E-state index in [1.807, 2.05) is 72.0 Å². The molecule has 2 aromatic heterocycles. The predicted molar refractivity (Wildman–Crippen MR) is 158 cm³/mol. The summed E-state index contributed by atoms with van der Waals surface area (Å²) in [5, 5.41) is 30.0. The van der Waals surface area contributed by atoms with Crippen LogP contribution in [0.3, 0.4) is 0 Å². The molecule has 0 spiro atoms. The van der Waals surface area contributed by atoms with Crippen LogP contribution in [0.4, 0.5) is 11.4 Å². The van der Waals surface area contributed by atoms with E-state index in [9.17, 15) is 10.4 Å². The zero-order chi connectivity index (χ0) is 28.1. The van der Waals surface area contributed by atoms with Crippen LogP contribution in [0.15, 0.2) is 85.1 Å². The Morgan fingerprint density at radius 2 is 1.88 bits per heavy atom. The van der Waals surface area contributed by atoms with Crippen LogP contribution in [-0.2, 0) is 0 Å². The van der Waals surface area contributed by atoms with E-state index in [0.717, 1.165) is 22.5 Å². The Hall–Kier alpha value is -4.36. The van der Waals surface area contributed by atoms with Crippen LogP contribution >= 0.6 is 11.6 Å². The van der Waals surface area contributed by atoms with E-state index in [2.05, 4.69) is 51.5 Å². The predicted octanol–water partition coefficient (Wildman–Crippen LogP) is 5.42. The van der Waals surface area contributed by atoms with Gasteiger partial charge in [-0.2, -0.15) is 5.26 Å². The number of rotatable bonds is 10. The first-order valence-corrected chi connectivity index (χ1v) is 13.5. The van der Waals surface area contributed by atoms with Crippen LogP contribution in [-0.4, -0.2) is 32.7 Å². The van der Waals surface area contributed by atoms with Gasteiger partial charge in [0.25, 0.3) is 0 Å². The number of aliphatic hydroxyl groups excluding tert-OH is 1. The Morgan fingerprint density at radius 3 is 2.55 bits per heavy atom. The summed E-state index contributed by atoms with van der Waals surface area (Å²) >= 11 is 6.78. The van der Waals surface area contributed by atoms with Gasteiger partial charge in [-0.15, -0.1) is 5.53 Å². The molecule has 0 saturated heterocycles. The van der Waals surface area contributed by atoms with Crippen LogP contribution in [0.2, 0.25) is 5.02 Å². The normalized spacial score (nSPS) is 14.4. The van der Waals surface area contributed by atoms with Gasteiger partial charge < -0.3 is 21.2 Å². The average molecular weight is 555 g/mol. The molecule has 10 heteroatoms. The molecule has 2 atom stereocenters. The van der Waals surface area contributed by atoms with Crippen molar-refractivity contribution in [2.24, 2.45) is 0 Å². The van der Waals surface area contributed by atoms with E-state index in [4.69, 9.17) is 11.6 Å². The van der Waals surface area contributed by atoms with Crippen molar-refractivity contribution in [1.29, 1.82) is 5.26 Å². The van der Waals surface area contributed by atoms with E-state index >= 15 is 0 Å². The molecule has 1 aliphatic rings. The average Bonchev–Trinajstić information content (AvgIpc) is 3.47. The number of benzene rings is 2. The van der Waals surface area contributed by atoms with Crippen molar-refractivity contribution < 1.29 is 5.11 Å². The lowest BCUT2D eigenvalue weighted by atomic mass is 10.0. The number of hydrazine groups is 2. The molecule has 204 valence electrons. The monoisotopic (exact) mass is 554 g/mol. The number of anilines is 2. The first kappa shape index (κ1) is 27.2. The molecular formula is C30H31ClN8O. The number of nitrogens with one attached hydrogen (secondary N) is 4. The molecule has 0 aliphatic carbocycles. The Balaban J connectivity index is 1.58. The minimum Gasteiger partial charge on any atom is -0.396 e. The summed E-state index contributed by atoms with van der Waals surface area (Å²) in [6.45, 7) is 4.18. The molecule has 0 radical (unpaired) electrons. The topological polar surface area (TPSA) is 121 Å². The standard InChI is InChI=1S/C30H31ClN8O/c1-19(2)39-18-27(37-38-39)29(21-9-6-11-33-16-21)35-23-13-24-28(22(15-32)17-34-30(24)25(31)14-23)36-26(10-12-40)20-7-4-3-5-8-20/h3-9,11,13-14,16-19,26,29,35,37-38,40H,10,12H2,1-2H3,(H,34,36)/t26-,29+/m1/s1. The number of hydrogen-bond acceptors (Lipinski definition) is 9. The Kier molecular flexibility index (Phi) is 8.31. The third-order valence-electron chi connectivity index (χ3n) is 6.79. The first-order valence-electron chi connectivity index (χ1n) is 13.1. The van der Waals surface area contributed by atoms with Crippen LogP contribution in [0, 0.1) is 11.3 Å². The molecule has 0 bridgehead atoms. The number of fused-ring (bicyclic) bond motifs is 1. The highest BCUT2D eigenvalue weighted by atomic mass is 35.5. The van der Waals surface area contributed by atoms with Crippen molar-refractivity contribution >= 4 is 33.9 Å². The molecule has 0 fully saturated rings. The molecule has 5 rings (SSSR count). The summed E-state index contributed by atoms with van der Waals surface area (Å²) in [6.07, 6.45) is 7.59. The second kappa shape index (κ2) is 12.2. The molecular weight excluding hydrogens is 524 g/mol. The minimum atomic E-state index is -0.270. The summed E-state index contributed by atoms with van der Waals surface area (Å²) in [7, 11) is 0. The number of aliphatic hydroxyl groups is 1. The highest BCUT2D eigenvalue weighted by molar-refractivity contribution is 6.35. The third kappa shape index (κ3) is 5.80. The highest BCUT2D eigenvalue weighted by Crippen LogP contribution is 2.37. The lowest BCUT2D eigenvalue weighted by molar-refractivity contribution is 0.221. The maximum Gasteiger partial charge on any atom is 0.103 e. The lowest BCUT2D eigenvalue weighted by Gasteiger charge is -2.24. The summed E-state index contributed by atoms with van der Waals surface area (Å²) < 4.78 is 0. The summed E-state index contributed by atoms with van der Waals surface area (Å²) in [5.74, 6) is 0. The van der Waals surface area contributed by atoms with E-state index in [1.165, 1.54) is 6.20 Å². The number of nitriles is 1. The molecule has 40 heavy (non-hydrogen) atoms. The Morgan fingerprint density at radius 1 is 1.07 bits per heavy atom. The third-order valence-corrected chi connectivity index (χ3v) is 7.08. The van der Waals surface area contributed by atoms with E-state index < -0.39 is 0 Å². The molecule has 0 saturated carbocycles. The molecule has 2 aromatic carbocycles.